The summed E-state index contributed by atoms with van der Waals surface area (Å²) in [7, 11) is -1.42. The maximum Gasteiger partial charge on any atom is 0.488 e. The first kappa shape index (κ1) is 11.3. The first-order chi connectivity index (χ1) is 8.72. The number of fused-ring (bicyclic) bond motifs is 3. The molecule has 4 heteroatoms. The van der Waals surface area contributed by atoms with E-state index >= 15 is 0 Å². The number of aromatic nitrogens is 1. The Kier molecular flexibility index (Phi) is 2.61. The van der Waals surface area contributed by atoms with Gasteiger partial charge in [0.15, 0.2) is 0 Å². The lowest BCUT2D eigenvalue weighted by atomic mass is 9.75. The number of benzene rings is 2. The van der Waals surface area contributed by atoms with Crippen LogP contribution in [0.2, 0.25) is 0 Å². The van der Waals surface area contributed by atoms with E-state index in [9.17, 15) is 10.0 Å². The minimum Gasteiger partial charge on any atom is -0.423 e. The van der Waals surface area contributed by atoms with E-state index < -0.39 is 7.12 Å². The van der Waals surface area contributed by atoms with Crippen LogP contribution in [0.5, 0.6) is 0 Å². The van der Waals surface area contributed by atoms with Crippen molar-refractivity contribution in [2.24, 2.45) is 0 Å². The summed E-state index contributed by atoms with van der Waals surface area (Å²) >= 11 is 0. The van der Waals surface area contributed by atoms with Gasteiger partial charge in [-0.15, -0.1) is 0 Å². The van der Waals surface area contributed by atoms with Gasteiger partial charge in [-0.2, -0.15) is 0 Å². The molecule has 0 saturated carbocycles. The first-order valence-corrected chi connectivity index (χ1v) is 6.10. The summed E-state index contributed by atoms with van der Waals surface area (Å²) in [5, 5.41) is 21.1. The van der Waals surface area contributed by atoms with Crippen molar-refractivity contribution in [3.8, 4) is 0 Å². The fourth-order valence-corrected chi connectivity index (χ4v) is 2.62. The van der Waals surface area contributed by atoms with Crippen molar-refractivity contribution >= 4 is 34.4 Å². The van der Waals surface area contributed by atoms with Crippen LogP contribution in [-0.2, 0) is 6.42 Å². The van der Waals surface area contributed by atoms with Gasteiger partial charge >= 0.3 is 7.12 Å². The van der Waals surface area contributed by atoms with E-state index in [4.69, 9.17) is 0 Å². The molecule has 0 saturated heterocycles. The molecule has 0 aliphatic rings. The quantitative estimate of drug-likeness (QED) is 0.594. The van der Waals surface area contributed by atoms with Crippen LogP contribution in [-0.4, -0.2) is 22.2 Å². The monoisotopic (exact) mass is 239 g/mol. The second-order valence-electron chi connectivity index (χ2n) is 4.45. The number of hydrogen-bond donors (Lipinski definition) is 3. The Morgan fingerprint density at radius 3 is 2.56 bits per heavy atom. The Hall–Kier alpha value is -1.78. The Morgan fingerprint density at radius 1 is 1.06 bits per heavy atom. The van der Waals surface area contributed by atoms with E-state index in [1.54, 1.807) is 6.07 Å². The Labute approximate surface area is 105 Å². The molecule has 0 radical (unpaired) electrons. The zero-order valence-corrected chi connectivity index (χ0v) is 10.1. The zero-order chi connectivity index (χ0) is 12.7. The average molecular weight is 239 g/mol. The summed E-state index contributed by atoms with van der Waals surface area (Å²) in [5.74, 6) is 0. The molecule has 0 aliphatic carbocycles. The maximum absolute atomic E-state index is 9.41. The normalized spacial score (nSPS) is 11.3. The summed E-state index contributed by atoms with van der Waals surface area (Å²) in [6, 6.07) is 11.8. The molecule has 0 unspecified atom stereocenters. The minimum atomic E-state index is -1.42. The van der Waals surface area contributed by atoms with Crippen LogP contribution >= 0.6 is 0 Å². The molecule has 0 amide bonds. The number of rotatable bonds is 2. The van der Waals surface area contributed by atoms with E-state index in [0.717, 1.165) is 28.4 Å². The van der Waals surface area contributed by atoms with E-state index in [1.807, 2.05) is 31.2 Å². The van der Waals surface area contributed by atoms with E-state index in [-0.39, 0.29) is 0 Å². The van der Waals surface area contributed by atoms with Gasteiger partial charge in [0.25, 0.3) is 0 Å². The number of aromatic amines is 1. The van der Waals surface area contributed by atoms with Crippen LogP contribution in [0.25, 0.3) is 21.8 Å². The van der Waals surface area contributed by atoms with Gasteiger partial charge in [0.05, 0.1) is 0 Å². The standard InChI is InChI=1S/C14H14BNO2/c1-2-9-12(15(17)18)8-7-11-10-5-3-4-6-13(10)16-14(9)11/h3-8,16-18H,2H2,1H3. The van der Waals surface area contributed by atoms with Crippen molar-refractivity contribution in [1.82, 2.24) is 4.98 Å². The smallest absolute Gasteiger partial charge is 0.423 e. The zero-order valence-electron chi connectivity index (χ0n) is 10.1. The lowest BCUT2D eigenvalue weighted by Crippen LogP contribution is -2.33. The summed E-state index contributed by atoms with van der Waals surface area (Å²) in [6.07, 6.45) is 0.761. The van der Waals surface area contributed by atoms with Crippen LogP contribution in [0.15, 0.2) is 36.4 Å². The molecule has 90 valence electrons. The molecule has 0 bridgehead atoms. The lowest BCUT2D eigenvalue weighted by Gasteiger charge is -2.08. The van der Waals surface area contributed by atoms with Crippen molar-refractivity contribution in [2.75, 3.05) is 0 Å². The molecule has 3 aromatic rings. The molecule has 0 spiro atoms. The highest BCUT2D eigenvalue weighted by Crippen LogP contribution is 2.26. The van der Waals surface area contributed by atoms with Crippen LogP contribution in [0, 0.1) is 0 Å². The topological polar surface area (TPSA) is 56.2 Å². The number of aryl methyl sites for hydroxylation is 1. The van der Waals surface area contributed by atoms with Crippen LogP contribution in [0.4, 0.5) is 0 Å². The molecule has 0 atom stereocenters. The Balaban J connectivity index is 2.44. The Bertz CT molecular complexity index is 718. The van der Waals surface area contributed by atoms with Crippen molar-refractivity contribution in [3.05, 3.63) is 42.0 Å². The fourth-order valence-electron chi connectivity index (χ4n) is 2.62. The third kappa shape index (κ3) is 1.54. The lowest BCUT2D eigenvalue weighted by molar-refractivity contribution is 0.425. The SMILES string of the molecule is CCc1c(B(O)O)ccc2c1[nH]c1ccccc12. The number of H-pyrrole nitrogens is 1. The molecular formula is C14H14BNO2. The van der Waals surface area contributed by atoms with Crippen molar-refractivity contribution in [3.63, 3.8) is 0 Å². The van der Waals surface area contributed by atoms with E-state index in [0.29, 0.717) is 5.46 Å². The summed E-state index contributed by atoms with van der Waals surface area (Å²) in [4.78, 5) is 3.37. The molecule has 1 heterocycles. The highest BCUT2D eigenvalue weighted by atomic mass is 16.4. The molecule has 3 N–H and O–H groups in total. The van der Waals surface area contributed by atoms with Gasteiger partial charge in [-0.25, -0.2) is 0 Å². The second kappa shape index (κ2) is 4.16. The number of para-hydroxylation sites is 1. The molecule has 2 aromatic carbocycles. The number of nitrogens with one attached hydrogen (secondary N) is 1. The highest BCUT2D eigenvalue weighted by molar-refractivity contribution is 6.59. The van der Waals surface area contributed by atoms with Crippen LogP contribution in [0.3, 0.4) is 0 Å². The molecule has 1 aromatic heterocycles. The third-order valence-corrected chi connectivity index (χ3v) is 3.46. The Morgan fingerprint density at radius 2 is 1.83 bits per heavy atom. The predicted molar refractivity (Wildman–Crippen MR) is 75.0 cm³/mol. The minimum absolute atomic E-state index is 0.580. The highest BCUT2D eigenvalue weighted by Gasteiger charge is 2.18. The number of hydrogen-bond acceptors (Lipinski definition) is 2. The van der Waals surface area contributed by atoms with Crippen LogP contribution in [0.1, 0.15) is 12.5 Å². The molecule has 18 heavy (non-hydrogen) atoms. The molecule has 3 rings (SSSR count). The molecular weight excluding hydrogens is 225 g/mol. The van der Waals surface area contributed by atoms with Crippen molar-refractivity contribution in [2.45, 2.75) is 13.3 Å². The second-order valence-corrected chi connectivity index (χ2v) is 4.45. The van der Waals surface area contributed by atoms with E-state index in [1.165, 1.54) is 5.39 Å². The van der Waals surface area contributed by atoms with Gasteiger partial charge < -0.3 is 15.0 Å². The maximum atomic E-state index is 9.41. The average Bonchev–Trinajstić information content (AvgIpc) is 2.75. The van der Waals surface area contributed by atoms with E-state index in [2.05, 4.69) is 11.1 Å². The van der Waals surface area contributed by atoms with Gasteiger partial charge in [0, 0.05) is 21.8 Å². The first-order valence-electron chi connectivity index (χ1n) is 6.10. The van der Waals surface area contributed by atoms with Gasteiger partial charge in [0.2, 0.25) is 0 Å². The largest absolute Gasteiger partial charge is 0.488 e. The van der Waals surface area contributed by atoms with Crippen LogP contribution < -0.4 is 5.46 Å². The van der Waals surface area contributed by atoms with Gasteiger partial charge in [-0.1, -0.05) is 37.3 Å². The summed E-state index contributed by atoms with van der Waals surface area (Å²) in [6.45, 7) is 2.02. The third-order valence-electron chi connectivity index (χ3n) is 3.46. The fraction of sp³-hybridized carbons (Fsp3) is 0.143. The van der Waals surface area contributed by atoms with Gasteiger partial charge in [-0.3, -0.25) is 0 Å². The van der Waals surface area contributed by atoms with Gasteiger partial charge in [-0.05, 0) is 23.5 Å². The van der Waals surface area contributed by atoms with Crippen molar-refractivity contribution < 1.29 is 10.0 Å². The summed E-state index contributed by atoms with van der Waals surface area (Å²) in [5.41, 5.74) is 3.63. The molecule has 0 aliphatic heterocycles. The van der Waals surface area contributed by atoms with Gasteiger partial charge in [0.1, 0.15) is 0 Å². The van der Waals surface area contributed by atoms with Crippen molar-refractivity contribution in [1.29, 1.82) is 0 Å². The summed E-state index contributed by atoms with van der Waals surface area (Å²) < 4.78 is 0. The predicted octanol–water partition coefficient (Wildman–Crippen LogP) is 1.56. The molecule has 0 fully saturated rings. The molecule has 3 nitrogen and oxygen atoms in total.